The lowest BCUT2D eigenvalue weighted by atomic mass is 9.95. The van der Waals surface area contributed by atoms with E-state index in [9.17, 15) is 18.7 Å². The Morgan fingerprint density at radius 2 is 2.25 bits per heavy atom. The molecule has 1 fully saturated rings. The van der Waals surface area contributed by atoms with Crippen molar-refractivity contribution < 1.29 is 18.7 Å². The topological polar surface area (TPSA) is 52.6 Å². The van der Waals surface area contributed by atoms with Crippen LogP contribution in [-0.2, 0) is 4.79 Å². The lowest BCUT2D eigenvalue weighted by Crippen LogP contribution is -2.48. The number of nitrogens with one attached hydrogen (secondary N) is 1. The lowest BCUT2D eigenvalue weighted by molar-refractivity contribution is -0.118. The van der Waals surface area contributed by atoms with Gasteiger partial charge < -0.3 is 10.4 Å². The maximum atomic E-state index is 13.4. The maximum Gasteiger partial charge on any atom is 0.238 e. The van der Waals surface area contributed by atoms with E-state index in [2.05, 4.69) is 5.32 Å². The van der Waals surface area contributed by atoms with E-state index in [1.807, 2.05) is 4.90 Å². The van der Waals surface area contributed by atoms with Gasteiger partial charge in [-0.15, -0.1) is 0 Å². The number of carbonyl (C=O) groups excluding carboxylic acids is 1. The van der Waals surface area contributed by atoms with Crippen LogP contribution in [-0.4, -0.2) is 41.1 Å². The summed E-state index contributed by atoms with van der Waals surface area (Å²) in [6, 6.07) is 3.00. The summed E-state index contributed by atoms with van der Waals surface area (Å²) in [7, 11) is 0. The van der Waals surface area contributed by atoms with Gasteiger partial charge >= 0.3 is 0 Å². The number of piperidine rings is 1. The van der Waals surface area contributed by atoms with Crippen LogP contribution in [0.15, 0.2) is 18.2 Å². The van der Waals surface area contributed by atoms with Crippen molar-refractivity contribution in [3.05, 3.63) is 29.8 Å². The van der Waals surface area contributed by atoms with Crippen molar-refractivity contribution in [1.29, 1.82) is 0 Å². The Morgan fingerprint density at radius 3 is 2.90 bits per heavy atom. The van der Waals surface area contributed by atoms with E-state index in [1.165, 1.54) is 6.07 Å². The third kappa shape index (κ3) is 3.98. The maximum absolute atomic E-state index is 13.4. The van der Waals surface area contributed by atoms with Gasteiger partial charge in [-0.1, -0.05) is 0 Å². The first-order valence-electron chi connectivity index (χ1n) is 6.55. The number of halogens is 2. The summed E-state index contributed by atoms with van der Waals surface area (Å²) in [5, 5.41) is 12.4. The Hall–Kier alpha value is -1.53. The van der Waals surface area contributed by atoms with Crippen LogP contribution in [0.2, 0.25) is 0 Å². The predicted octanol–water partition coefficient (Wildman–Crippen LogP) is 1.75. The van der Waals surface area contributed by atoms with Gasteiger partial charge in [-0.2, -0.15) is 0 Å². The fourth-order valence-corrected chi connectivity index (χ4v) is 2.44. The second kappa shape index (κ2) is 5.85. The third-order valence-corrected chi connectivity index (χ3v) is 3.33. The van der Waals surface area contributed by atoms with Crippen molar-refractivity contribution in [2.45, 2.75) is 25.4 Å². The second-order valence-corrected chi connectivity index (χ2v) is 5.48. The van der Waals surface area contributed by atoms with E-state index in [1.54, 1.807) is 6.92 Å². The minimum atomic E-state index is -0.802. The molecule has 2 rings (SSSR count). The number of β-amino-alcohol motifs (C(OH)–C–C–N with tert-alkyl or cyclic N) is 1. The number of amides is 1. The average Bonchev–Trinajstić information content (AvgIpc) is 2.31. The molecule has 20 heavy (non-hydrogen) atoms. The highest BCUT2D eigenvalue weighted by Gasteiger charge is 2.29. The highest BCUT2D eigenvalue weighted by atomic mass is 19.1. The van der Waals surface area contributed by atoms with Crippen molar-refractivity contribution in [1.82, 2.24) is 4.90 Å². The van der Waals surface area contributed by atoms with Gasteiger partial charge in [0.2, 0.25) is 5.91 Å². The van der Waals surface area contributed by atoms with Crippen molar-refractivity contribution in [3.63, 3.8) is 0 Å². The molecule has 1 aliphatic rings. The van der Waals surface area contributed by atoms with Crippen LogP contribution >= 0.6 is 0 Å². The molecule has 1 atom stereocenters. The zero-order chi connectivity index (χ0) is 14.8. The smallest absolute Gasteiger partial charge is 0.238 e. The van der Waals surface area contributed by atoms with Gasteiger partial charge in [-0.25, -0.2) is 8.78 Å². The fourth-order valence-electron chi connectivity index (χ4n) is 2.44. The summed E-state index contributed by atoms with van der Waals surface area (Å²) in [5.41, 5.74) is -0.834. The molecule has 110 valence electrons. The molecule has 0 saturated carbocycles. The quantitative estimate of drug-likeness (QED) is 0.889. The molecule has 1 aromatic rings. The van der Waals surface area contributed by atoms with E-state index in [0.717, 1.165) is 25.1 Å². The molecule has 0 aromatic heterocycles. The van der Waals surface area contributed by atoms with E-state index in [4.69, 9.17) is 0 Å². The highest BCUT2D eigenvalue weighted by molar-refractivity contribution is 5.92. The molecule has 0 bridgehead atoms. The molecule has 2 N–H and O–H groups in total. The van der Waals surface area contributed by atoms with Gasteiger partial charge in [-0.05, 0) is 38.4 Å². The third-order valence-electron chi connectivity index (χ3n) is 3.33. The van der Waals surface area contributed by atoms with Gasteiger partial charge in [0.25, 0.3) is 0 Å². The van der Waals surface area contributed by atoms with Crippen LogP contribution in [0.25, 0.3) is 0 Å². The Labute approximate surface area is 116 Å². The summed E-state index contributed by atoms with van der Waals surface area (Å²) < 4.78 is 26.2. The van der Waals surface area contributed by atoms with Crippen molar-refractivity contribution in [2.75, 3.05) is 25.0 Å². The molecule has 1 amide bonds. The van der Waals surface area contributed by atoms with Gasteiger partial charge in [0.05, 0.1) is 17.8 Å². The average molecular weight is 284 g/mol. The standard InChI is InChI=1S/C14H18F2N2O2/c1-14(20)5-2-6-18(9-14)8-13(19)17-12-4-3-10(15)7-11(12)16/h3-4,7,20H,2,5-6,8-9H2,1H3,(H,17,19). The van der Waals surface area contributed by atoms with Crippen LogP contribution in [0.4, 0.5) is 14.5 Å². The number of carbonyl (C=O) groups is 1. The molecular formula is C14H18F2N2O2. The Morgan fingerprint density at radius 1 is 1.50 bits per heavy atom. The summed E-state index contributed by atoms with van der Waals surface area (Å²) in [6.07, 6.45) is 1.52. The van der Waals surface area contributed by atoms with E-state index in [0.29, 0.717) is 13.0 Å². The summed E-state index contributed by atoms with van der Waals surface area (Å²) in [6.45, 7) is 2.94. The number of anilines is 1. The number of rotatable bonds is 3. The van der Waals surface area contributed by atoms with Crippen LogP contribution in [0.1, 0.15) is 19.8 Å². The van der Waals surface area contributed by atoms with E-state index in [-0.39, 0.29) is 18.1 Å². The SMILES string of the molecule is CC1(O)CCCN(CC(=O)Nc2ccc(F)cc2F)C1. The van der Waals surface area contributed by atoms with Gasteiger partial charge in [-0.3, -0.25) is 9.69 Å². The van der Waals surface area contributed by atoms with Gasteiger partial charge in [0, 0.05) is 12.6 Å². The van der Waals surface area contributed by atoms with Crippen molar-refractivity contribution >= 4 is 11.6 Å². The number of likely N-dealkylation sites (tertiary alicyclic amines) is 1. The van der Waals surface area contributed by atoms with E-state index < -0.39 is 17.2 Å². The molecule has 1 unspecified atom stereocenters. The first-order chi connectivity index (χ1) is 9.35. The Bertz CT molecular complexity index is 506. The lowest BCUT2D eigenvalue weighted by Gasteiger charge is -2.36. The molecule has 1 saturated heterocycles. The molecule has 0 radical (unpaired) electrons. The molecule has 1 aromatic carbocycles. The predicted molar refractivity (Wildman–Crippen MR) is 71.3 cm³/mol. The van der Waals surface area contributed by atoms with Crippen LogP contribution in [0, 0.1) is 11.6 Å². The monoisotopic (exact) mass is 284 g/mol. The van der Waals surface area contributed by atoms with Crippen LogP contribution in [0.3, 0.4) is 0 Å². The summed E-state index contributed by atoms with van der Waals surface area (Å²) in [4.78, 5) is 13.7. The van der Waals surface area contributed by atoms with Crippen molar-refractivity contribution in [2.24, 2.45) is 0 Å². The minimum Gasteiger partial charge on any atom is -0.389 e. The first-order valence-corrected chi connectivity index (χ1v) is 6.55. The molecule has 4 nitrogen and oxygen atoms in total. The van der Waals surface area contributed by atoms with E-state index >= 15 is 0 Å². The van der Waals surface area contributed by atoms with Gasteiger partial charge in [0.15, 0.2) is 0 Å². The second-order valence-electron chi connectivity index (χ2n) is 5.48. The largest absolute Gasteiger partial charge is 0.389 e. The minimum absolute atomic E-state index is 0.0415. The van der Waals surface area contributed by atoms with Crippen molar-refractivity contribution in [3.8, 4) is 0 Å². The zero-order valence-corrected chi connectivity index (χ0v) is 11.3. The van der Waals surface area contributed by atoms with Gasteiger partial charge in [0.1, 0.15) is 11.6 Å². The fraction of sp³-hybridized carbons (Fsp3) is 0.500. The molecule has 0 aliphatic carbocycles. The van der Waals surface area contributed by atoms with Crippen LogP contribution < -0.4 is 5.32 Å². The summed E-state index contributed by atoms with van der Waals surface area (Å²) in [5.74, 6) is -1.87. The molecular weight excluding hydrogens is 266 g/mol. The molecule has 6 heteroatoms. The Kier molecular flexibility index (Phi) is 4.35. The Balaban J connectivity index is 1.92. The normalized spacial score (nSPS) is 23.6. The highest BCUT2D eigenvalue weighted by Crippen LogP contribution is 2.20. The number of nitrogens with zero attached hydrogens (tertiary/aromatic N) is 1. The summed E-state index contributed by atoms with van der Waals surface area (Å²) >= 11 is 0. The number of aliphatic hydroxyl groups is 1. The molecule has 0 spiro atoms. The first kappa shape index (κ1) is 14.9. The number of benzene rings is 1. The van der Waals surface area contributed by atoms with Crippen LogP contribution in [0.5, 0.6) is 0 Å². The molecule has 1 aliphatic heterocycles. The number of hydrogen-bond donors (Lipinski definition) is 2. The zero-order valence-electron chi connectivity index (χ0n) is 11.3. The number of hydrogen-bond acceptors (Lipinski definition) is 3. The molecule has 1 heterocycles.